The van der Waals surface area contributed by atoms with E-state index in [1.54, 1.807) is 26.0 Å². The number of ether oxygens (including phenoxy) is 1. The van der Waals surface area contributed by atoms with Crippen molar-refractivity contribution in [3.63, 3.8) is 0 Å². The average molecular weight is 369 g/mol. The number of phenols is 1. The average Bonchev–Trinajstić information content (AvgIpc) is 2.50. The maximum atomic E-state index is 11.7. The van der Waals surface area contributed by atoms with Gasteiger partial charge in [0.05, 0.1) is 6.61 Å². The highest BCUT2D eigenvalue weighted by atomic mass is 35.5. The molecule has 1 aromatic rings. The summed E-state index contributed by atoms with van der Waals surface area (Å²) in [7, 11) is 0. The van der Waals surface area contributed by atoms with E-state index in [2.05, 4.69) is 4.74 Å². The highest BCUT2D eigenvalue weighted by Crippen LogP contribution is 2.22. The van der Waals surface area contributed by atoms with E-state index in [0.29, 0.717) is 5.56 Å². The predicted molar refractivity (Wildman–Crippen MR) is 80.3 cm³/mol. The minimum Gasteiger partial charge on any atom is -0.507 e. The van der Waals surface area contributed by atoms with E-state index in [4.69, 9.17) is 11.6 Å². The van der Waals surface area contributed by atoms with Gasteiger partial charge in [-0.25, -0.2) is 4.79 Å². The molecule has 0 aromatic heterocycles. The molecule has 1 N–H and O–H groups in total. The van der Waals surface area contributed by atoms with Crippen LogP contribution in [0, 0.1) is 13.8 Å². The van der Waals surface area contributed by atoms with Crippen molar-refractivity contribution in [2.24, 2.45) is 0 Å². The fourth-order valence-electron chi connectivity index (χ4n) is 1.52. The van der Waals surface area contributed by atoms with Gasteiger partial charge in [0.25, 0.3) is 5.78 Å². The molecule has 0 bridgehead atoms. The van der Waals surface area contributed by atoms with Crippen molar-refractivity contribution < 1.29 is 37.4 Å². The fraction of sp³-hybridized carbons (Fsp3) is 0.400. The first-order valence-electron chi connectivity index (χ1n) is 6.62. The van der Waals surface area contributed by atoms with Crippen molar-refractivity contribution >= 4 is 29.6 Å². The molecule has 1 rings (SSSR count). The Morgan fingerprint density at radius 3 is 2.08 bits per heavy atom. The van der Waals surface area contributed by atoms with Gasteiger partial charge in [0.15, 0.2) is 5.38 Å². The number of phenolic OH excluding ortho intramolecular Hbond substituents is 1. The van der Waals surface area contributed by atoms with E-state index in [9.17, 15) is 32.7 Å². The van der Waals surface area contributed by atoms with Crippen molar-refractivity contribution in [1.82, 2.24) is 0 Å². The lowest BCUT2D eigenvalue weighted by Crippen LogP contribution is -2.37. The number of ketones is 1. The molecule has 0 amide bonds. The van der Waals surface area contributed by atoms with Crippen molar-refractivity contribution in [2.45, 2.75) is 32.3 Å². The van der Waals surface area contributed by atoms with E-state index in [1.165, 1.54) is 6.92 Å². The van der Waals surface area contributed by atoms with Crippen molar-refractivity contribution in [2.75, 3.05) is 6.61 Å². The van der Waals surface area contributed by atoms with E-state index in [-0.39, 0.29) is 12.4 Å². The molecule has 0 spiro atoms. The second-order valence-electron chi connectivity index (χ2n) is 4.60. The quantitative estimate of drug-likeness (QED) is 0.382. The summed E-state index contributed by atoms with van der Waals surface area (Å²) in [6, 6.07) is 3.32. The van der Waals surface area contributed by atoms with Crippen LogP contribution in [-0.4, -0.2) is 41.3 Å². The number of hydrogen-bond acceptors (Lipinski definition) is 5. The molecular weight excluding hydrogens is 353 g/mol. The van der Waals surface area contributed by atoms with Crippen LogP contribution in [0.25, 0.3) is 0 Å². The zero-order chi connectivity index (χ0) is 19.1. The fourth-order valence-corrected chi connectivity index (χ4v) is 1.71. The lowest BCUT2D eigenvalue weighted by atomic mass is 10.1. The number of carbonyl (C=O) groups is 3. The number of aromatic hydroxyl groups is 1. The molecule has 9 heteroatoms. The molecule has 1 aromatic carbocycles. The summed E-state index contributed by atoms with van der Waals surface area (Å²) >= 11 is 4.90. The Labute approximate surface area is 141 Å². The van der Waals surface area contributed by atoms with Crippen LogP contribution in [0.15, 0.2) is 12.1 Å². The van der Waals surface area contributed by atoms with E-state index >= 15 is 0 Å². The standard InChI is InChI=1S/C9H10O2.C6H6ClF3O3/c1-6-3-8(5-10)4-7(2)9(6)11;1-2-13-5(12)3(7)4(11)6(8,9)10/h3-5,11H,1-2H3;3H,2H2,1H3. The summed E-state index contributed by atoms with van der Waals surface area (Å²) in [5.41, 5.74) is 2.09. The summed E-state index contributed by atoms with van der Waals surface area (Å²) in [5, 5.41) is 7.00. The Kier molecular flexibility index (Phi) is 8.46. The van der Waals surface area contributed by atoms with Crippen LogP contribution in [0.5, 0.6) is 5.75 Å². The number of aryl methyl sites for hydroxylation is 2. The maximum Gasteiger partial charge on any atom is 0.452 e. The van der Waals surface area contributed by atoms with E-state index in [1.807, 2.05) is 0 Å². The first-order chi connectivity index (χ1) is 10.9. The Hall–Kier alpha value is -2.09. The van der Waals surface area contributed by atoms with Crippen LogP contribution < -0.4 is 0 Å². The SMILES string of the molecule is CCOC(=O)C(Cl)C(=O)C(F)(F)F.Cc1cc(C=O)cc(C)c1O. The van der Waals surface area contributed by atoms with Gasteiger partial charge >= 0.3 is 12.1 Å². The largest absolute Gasteiger partial charge is 0.507 e. The molecule has 0 fully saturated rings. The van der Waals surface area contributed by atoms with Gasteiger partial charge in [0.1, 0.15) is 12.0 Å². The smallest absolute Gasteiger partial charge is 0.452 e. The summed E-state index contributed by atoms with van der Waals surface area (Å²) < 4.78 is 39.1. The Balaban J connectivity index is 0.000000446. The Bertz CT molecular complexity index is 591. The Morgan fingerprint density at radius 1 is 1.29 bits per heavy atom. The monoisotopic (exact) mass is 368 g/mol. The molecule has 0 saturated carbocycles. The minimum absolute atomic E-state index is 0.132. The van der Waals surface area contributed by atoms with Crippen LogP contribution >= 0.6 is 11.6 Å². The molecule has 0 aliphatic rings. The molecule has 1 unspecified atom stereocenters. The highest BCUT2D eigenvalue weighted by molar-refractivity contribution is 6.41. The zero-order valence-corrected chi connectivity index (χ0v) is 13.9. The Morgan fingerprint density at radius 2 is 1.75 bits per heavy atom. The molecule has 0 aliphatic heterocycles. The molecule has 0 saturated heterocycles. The second kappa shape index (κ2) is 9.27. The summed E-state index contributed by atoms with van der Waals surface area (Å²) in [4.78, 5) is 31.2. The number of rotatable bonds is 4. The molecule has 0 aliphatic carbocycles. The molecule has 5 nitrogen and oxygen atoms in total. The van der Waals surface area contributed by atoms with Gasteiger partial charge in [-0.05, 0) is 44.0 Å². The zero-order valence-electron chi connectivity index (χ0n) is 13.1. The number of alkyl halides is 4. The van der Waals surface area contributed by atoms with Crippen LogP contribution in [-0.2, 0) is 14.3 Å². The second-order valence-corrected chi connectivity index (χ2v) is 5.03. The lowest BCUT2D eigenvalue weighted by molar-refractivity contribution is -0.174. The van der Waals surface area contributed by atoms with Crippen LogP contribution in [0.1, 0.15) is 28.4 Å². The number of hydrogen-bond donors (Lipinski definition) is 1. The van der Waals surface area contributed by atoms with Gasteiger partial charge in [-0.3, -0.25) is 9.59 Å². The molecule has 0 heterocycles. The molecule has 24 heavy (non-hydrogen) atoms. The van der Waals surface area contributed by atoms with Gasteiger partial charge in [-0.15, -0.1) is 11.6 Å². The predicted octanol–water partition coefficient (Wildman–Crippen LogP) is 3.11. The minimum atomic E-state index is -5.11. The van der Waals surface area contributed by atoms with Gasteiger partial charge < -0.3 is 9.84 Å². The lowest BCUT2D eigenvalue weighted by Gasteiger charge is -2.09. The van der Waals surface area contributed by atoms with Crippen molar-refractivity contribution in [3.8, 4) is 5.75 Å². The van der Waals surface area contributed by atoms with Gasteiger partial charge in [-0.1, -0.05) is 0 Å². The van der Waals surface area contributed by atoms with Crippen LogP contribution in [0.2, 0.25) is 0 Å². The van der Waals surface area contributed by atoms with Gasteiger partial charge in [0.2, 0.25) is 0 Å². The third-order valence-electron chi connectivity index (χ3n) is 2.65. The normalized spacial score (nSPS) is 11.8. The van der Waals surface area contributed by atoms with Crippen LogP contribution in [0.4, 0.5) is 13.2 Å². The summed E-state index contributed by atoms with van der Waals surface area (Å²) in [5.74, 6) is -3.42. The highest BCUT2D eigenvalue weighted by Gasteiger charge is 2.46. The number of benzene rings is 1. The van der Waals surface area contributed by atoms with Crippen molar-refractivity contribution in [3.05, 3.63) is 28.8 Å². The first kappa shape index (κ1) is 21.9. The number of halogens is 4. The van der Waals surface area contributed by atoms with Gasteiger partial charge in [-0.2, -0.15) is 13.2 Å². The molecular formula is C15H16ClF3O5. The molecule has 1 atom stereocenters. The number of aldehydes is 1. The van der Waals surface area contributed by atoms with E-state index in [0.717, 1.165) is 17.4 Å². The third-order valence-corrected chi connectivity index (χ3v) is 3.03. The van der Waals surface area contributed by atoms with Crippen molar-refractivity contribution in [1.29, 1.82) is 0 Å². The number of carbonyl (C=O) groups excluding carboxylic acids is 3. The maximum absolute atomic E-state index is 11.7. The summed E-state index contributed by atoms with van der Waals surface area (Å²) in [6.45, 7) is 4.80. The summed E-state index contributed by atoms with van der Waals surface area (Å²) in [6.07, 6.45) is -4.33. The van der Waals surface area contributed by atoms with Gasteiger partial charge in [0, 0.05) is 5.56 Å². The molecule has 134 valence electrons. The number of esters is 1. The third kappa shape index (κ3) is 6.57. The van der Waals surface area contributed by atoms with Crippen LogP contribution in [0.3, 0.4) is 0 Å². The number of Topliss-reactive ketones (excluding diaryl/α,β-unsaturated/α-hetero) is 1. The van der Waals surface area contributed by atoms with E-state index < -0.39 is 23.3 Å². The first-order valence-corrected chi connectivity index (χ1v) is 7.06. The molecule has 0 radical (unpaired) electrons. The topological polar surface area (TPSA) is 80.7 Å².